The molecule has 0 aromatic heterocycles. The summed E-state index contributed by atoms with van der Waals surface area (Å²) in [7, 11) is 0. The summed E-state index contributed by atoms with van der Waals surface area (Å²) in [6.07, 6.45) is 1.49. The second-order valence-electron chi connectivity index (χ2n) is 5.71. The molecule has 3 N–H and O–H groups in total. The van der Waals surface area contributed by atoms with Gasteiger partial charge in [-0.25, -0.2) is 10.9 Å². The fourth-order valence-electron chi connectivity index (χ4n) is 2.38. The third-order valence-electron chi connectivity index (χ3n) is 3.71. The molecule has 0 bridgehead atoms. The van der Waals surface area contributed by atoms with E-state index in [1.54, 1.807) is 6.07 Å². The zero-order chi connectivity index (χ0) is 19.8. The molecular weight excluding hydrogens is 358 g/mol. The van der Waals surface area contributed by atoms with E-state index in [1.807, 2.05) is 48.5 Å². The maximum absolute atomic E-state index is 12.2. The van der Waals surface area contributed by atoms with Gasteiger partial charge in [-0.05, 0) is 48.0 Å². The number of ether oxygens (including phenoxy) is 1. The molecular formula is C21H17N3O4. The largest absolute Gasteiger partial charge is 0.457 e. The number of hydrogen-bond donors (Lipinski definition) is 3. The Balaban J connectivity index is 1.64. The van der Waals surface area contributed by atoms with Gasteiger partial charge >= 0.3 is 0 Å². The molecule has 3 aromatic rings. The lowest BCUT2D eigenvalue weighted by molar-refractivity contribution is 0.0706. The number of hydrazone groups is 1. The van der Waals surface area contributed by atoms with Crippen LogP contribution in [0.5, 0.6) is 11.5 Å². The van der Waals surface area contributed by atoms with Crippen LogP contribution in [0.4, 0.5) is 0 Å². The monoisotopic (exact) mass is 375 g/mol. The first kappa shape index (κ1) is 18.8. The highest BCUT2D eigenvalue weighted by Gasteiger charge is 2.09. The van der Waals surface area contributed by atoms with Crippen molar-refractivity contribution in [1.82, 2.24) is 10.9 Å². The lowest BCUT2D eigenvalue weighted by Gasteiger charge is -2.06. The Labute approximate surface area is 161 Å². The molecule has 0 saturated heterocycles. The van der Waals surface area contributed by atoms with Gasteiger partial charge in [-0.2, -0.15) is 5.10 Å². The van der Waals surface area contributed by atoms with E-state index in [-0.39, 0.29) is 11.1 Å². The van der Waals surface area contributed by atoms with E-state index < -0.39 is 11.8 Å². The van der Waals surface area contributed by atoms with Crippen molar-refractivity contribution in [3.63, 3.8) is 0 Å². The van der Waals surface area contributed by atoms with E-state index >= 15 is 0 Å². The van der Waals surface area contributed by atoms with E-state index in [9.17, 15) is 9.59 Å². The number of nitrogens with one attached hydrogen (secondary N) is 2. The van der Waals surface area contributed by atoms with Gasteiger partial charge in [0.2, 0.25) is 0 Å². The van der Waals surface area contributed by atoms with Crippen molar-refractivity contribution in [2.45, 2.75) is 0 Å². The summed E-state index contributed by atoms with van der Waals surface area (Å²) in [5, 5.41) is 12.6. The summed E-state index contributed by atoms with van der Waals surface area (Å²) in [4.78, 5) is 23.6. The molecule has 2 amide bonds. The molecule has 140 valence electrons. The van der Waals surface area contributed by atoms with Gasteiger partial charge in [0.25, 0.3) is 11.8 Å². The van der Waals surface area contributed by atoms with Gasteiger partial charge in [-0.3, -0.25) is 14.8 Å². The van der Waals surface area contributed by atoms with Crippen LogP contribution in [-0.4, -0.2) is 23.2 Å². The highest BCUT2D eigenvalue weighted by atomic mass is 16.5. The molecule has 0 fully saturated rings. The quantitative estimate of drug-likeness (QED) is 0.349. The van der Waals surface area contributed by atoms with E-state index in [0.717, 1.165) is 11.3 Å². The van der Waals surface area contributed by atoms with E-state index in [2.05, 4.69) is 10.5 Å². The van der Waals surface area contributed by atoms with Crippen molar-refractivity contribution in [3.8, 4) is 11.5 Å². The number of carbonyl (C=O) groups excluding carboxylic acids is 2. The van der Waals surface area contributed by atoms with Crippen LogP contribution in [0.2, 0.25) is 0 Å². The van der Waals surface area contributed by atoms with Crippen LogP contribution >= 0.6 is 0 Å². The average Bonchev–Trinajstić information content (AvgIpc) is 2.74. The van der Waals surface area contributed by atoms with Gasteiger partial charge in [-0.15, -0.1) is 0 Å². The molecule has 0 aliphatic rings. The number of hydroxylamine groups is 1. The molecule has 0 radical (unpaired) electrons. The molecule has 0 heterocycles. The number of carbonyl (C=O) groups is 2. The fraction of sp³-hybridized carbons (Fsp3) is 0. The fourth-order valence-corrected chi connectivity index (χ4v) is 2.38. The Morgan fingerprint density at radius 1 is 0.821 bits per heavy atom. The Bertz CT molecular complexity index is 1000. The van der Waals surface area contributed by atoms with Crippen LogP contribution in [0.25, 0.3) is 0 Å². The van der Waals surface area contributed by atoms with Crippen molar-refractivity contribution < 1.29 is 19.5 Å². The van der Waals surface area contributed by atoms with Gasteiger partial charge in [0, 0.05) is 11.1 Å². The van der Waals surface area contributed by atoms with E-state index in [4.69, 9.17) is 9.94 Å². The summed E-state index contributed by atoms with van der Waals surface area (Å²) >= 11 is 0. The minimum Gasteiger partial charge on any atom is -0.457 e. The molecule has 0 atom stereocenters. The lowest BCUT2D eigenvalue weighted by Crippen LogP contribution is -2.21. The highest BCUT2D eigenvalue weighted by Crippen LogP contribution is 2.21. The zero-order valence-corrected chi connectivity index (χ0v) is 14.7. The van der Waals surface area contributed by atoms with Crippen LogP contribution in [0.3, 0.4) is 0 Å². The van der Waals surface area contributed by atoms with Gasteiger partial charge in [-0.1, -0.05) is 36.4 Å². The SMILES string of the molecule is O=C(NO)c1cccc(C(=O)N/N=C/c2cccc(Oc3ccccc3)c2)c1. The molecule has 3 aromatic carbocycles. The standard InChI is InChI=1S/C21H17N3O4/c25-20(16-7-5-8-17(13-16)21(26)24-27)23-22-14-15-6-4-11-19(12-15)28-18-9-2-1-3-10-18/h1-14,27H,(H,23,25)(H,24,26)/b22-14+. The molecule has 0 spiro atoms. The van der Waals surface area contributed by atoms with Crippen molar-refractivity contribution in [1.29, 1.82) is 0 Å². The Morgan fingerprint density at radius 3 is 2.25 bits per heavy atom. The number of rotatable bonds is 6. The first-order valence-electron chi connectivity index (χ1n) is 8.36. The lowest BCUT2D eigenvalue weighted by atomic mass is 10.1. The number of nitrogens with zero attached hydrogens (tertiary/aromatic N) is 1. The van der Waals surface area contributed by atoms with Crippen molar-refractivity contribution in [2.75, 3.05) is 0 Å². The number of para-hydroxylation sites is 1. The van der Waals surface area contributed by atoms with Crippen LogP contribution in [-0.2, 0) is 0 Å². The van der Waals surface area contributed by atoms with Crippen LogP contribution in [0, 0.1) is 0 Å². The first-order valence-corrected chi connectivity index (χ1v) is 8.36. The van der Waals surface area contributed by atoms with Gasteiger partial charge < -0.3 is 4.74 Å². The molecule has 0 saturated carbocycles. The minimum atomic E-state index is -0.701. The van der Waals surface area contributed by atoms with Gasteiger partial charge in [0.05, 0.1) is 6.21 Å². The predicted molar refractivity (Wildman–Crippen MR) is 104 cm³/mol. The smallest absolute Gasteiger partial charge is 0.274 e. The molecule has 28 heavy (non-hydrogen) atoms. The number of amides is 2. The highest BCUT2D eigenvalue weighted by molar-refractivity contribution is 5.99. The number of benzene rings is 3. The van der Waals surface area contributed by atoms with Crippen molar-refractivity contribution >= 4 is 18.0 Å². The zero-order valence-electron chi connectivity index (χ0n) is 14.7. The Hall–Kier alpha value is -3.97. The summed E-state index contributed by atoms with van der Waals surface area (Å²) in [6.45, 7) is 0. The third-order valence-corrected chi connectivity index (χ3v) is 3.71. The maximum Gasteiger partial charge on any atom is 0.274 e. The van der Waals surface area contributed by atoms with Crippen LogP contribution < -0.4 is 15.6 Å². The predicted octanol–water partition coefficient (Wildman–Crippen LogP) is 3.36. The molecule has 0 aliphatic heterocycles. The second kappa shape index (κ2) is 9.11. The second-order valence-corrected chi connectivity index (χ2v) is 5.71. The molecule has 7 heteroatoms. The molecule has 0 aliphatic carbocycles. The van der Waals surface area contributed by atoms with Gasteiger partial charge in [0.15, 0.2) is 0 Å². The Kier molecular flexibility index (Phi) is 6.12. The minimum absolute atomic E-state index is 0.157. The average molecular weight is 375 g/mol. The summed E-state index contributed by atoms with van der Waals surface area (Å²) < 4.78 is 5.75. The molecule has 0 unspecified atom stereocenters. The maximum atomic E-state index is 12.2. The summed E-state index contributed by atoms with van der Waals surface area (Å²) in [5.74, 6) is 0.176. The van der Waals surface area contributed by atoms with E-state index in [0.29, 0.717) is 5.75 Å². The normalized spacial score (nSPS) is 10.5. The van der Waals surface area contributed by atoms with E-state index in [1.165, 1.54) is 36.0 Å². The molecule has 3 rings (SSSR count). The van der Waals surface area contributed by atoms with Crippen molar-refractivity contribution in [3.05, 3.63) is 95.6 Å². The Morgan fingerprint density at radius 2 is 1.50 bits per heavy atom. The summed E-state index contributed by atoms with van der Waals surface area (Å²) in [6, 6.07) is 22.5. The van der Waals surface area contributed by atoms with Crippen molar-refractivity contribution in [2.24, 2.45) is 5.10 Å². The van der Waals surface area contributed by atoms with Crippen LogP contribution in [0.15, 0.2) is 84.0 Å². The van der Waals surface area contributed by atoms with Crippen LogP contribution in [0.1, 0.15) is 26.3 Å². The third kappa shape index (κ3) is 5.03. The molecule has 7 nitrogen and oxygen atoms in total. The number of hydrogen-bond acceptors (Lipinski definition) is 5. The summed E-state index contributed by atoms with van der Waals surface area (Å²) in [5.41, 5.74) is 5.05. The first-order chi connectivity index (χ1) is 13.7. The topological polar surface area (TPSA) is 100 Å². The van der Waals surface area contributed by atoms with Gasteiger partial charge in [0.1, 0.15) is 11.5 Å².